The van der Waals surface area contributed by atoms with Crippen molar-refractivity contribution in [2.75, 3.05) is 18.5 Å². The second-order valence-electron chi connectivity index (χ2n) is 3.62. The Morgan fingerprint density at radius 3 is 3.00 bits per heavy atom. The van der Waals surface area contributed by atoms with Gasteiger partial charge in [0.2, 0.25) is 0 Å². The molecule has 3 heteroatoms. The van der Waals surface area contributed by atoms with Crippen LogP contribution in [0.5, 0.6) is 0 Å². The zero-order valence-electron chi connectivity index (χ0n) is 9.21. The maximum absolute atomic E-state index is 5.35. The Morgan fingerprint density at radius 2 is 2.33 bits per heavy atom. The van der Waals surface area contributed by atoms with Gasteiger partial charge < -0.3 is 10.1 Å². The summed E-state index contributed by atoms with van der Waals surface area (Å²) in [6.45, 7) is 5.69. The van der Waals surface area contributed by atoms with E-state index in [0.29, 0.717) is 12.6 Å². The van der Waals surface area contributed by atoms with E-state index in [0.717, 1.165) is 18.7 Å². The summed E-state index contributed by atoms with van der Waals surface area (Å²) in [5.41, 5.74) is 3.67. The average Bonchev–Trinajstić information content (AvgIpc) is 2.74. The molecule has 80 valence electrons. The van der Waals surface area contributed by atoms with Crippen molar-refractivity contribution < 1.29 is 4.74 Å². The van der Waals surface area contributed by atoms with Crippen LogP contribution in [0.3, 0.4) is 0 Å². The van der Waals surface area contributed by atoms with Crippen LogP contribution >= 0.6 is 0 Å². The molecule has 0 saturated carbocycles. The quantitative estimate of drug-likeness (QED) is 0.802. The van der Waals surface area contributed by atoms with E-state index in [1.807, 2.05) is 0 Å². The summed E-state index contributed by atoms with van der Waals surface area (Å²) in [6, 6.07) is 6.96. The number of aliphatic imine (C=N–C) groups is 1. The van der Waals surface area contributed by atoms with Crippen LogP contribution in [-0.4, -0.2) is 19.2 Å². The van der Waals surface area contributed by atoms with Gasteiger partial charge >= 0.3 is 0 Å². The van der Waals surface area contributed by atoms with Crippen molar-refractivity contribution >= 4 is 11.7 Å². The third-order valence-electron chi connectivity index (χ3n) is 2.56. The van der Waals surface area contributed by atoms with E-state index < -0.39 is 0 Å². The van der Waals surface area contributed by atoms with Gasteiger partial charge in [-0.15, -0.1) is 0 Å². The van der Waals surface area contributed by atoms with E-state index in [1.54, 1.807) is 0 Å². The Hall–Kier alpha value is -1.51. The first-order chi connectivity index (χ1) is 7.31. The third-order valence-corrected chi connectivity index (χ3v) is 2.56. The number of benzene rings is 1. The molecule has 1 aromatic rings. The molecule has 3 nitrogen and oxygen atoms in total. The predicted molar refractivity (Wildman–Crippen MR) is 62.4 cm³/mol. The first-order valence-corrected chi connectivity index (χ1v) is 5.34. The number of anilines is 1. The Kier molecular flexibility index (Phi) is 2.90. The van der Waals surface area contributed by atoms with Crippen LogP contribution in [0.2, 0.25) is 0 Å². The molecule has 2 rings (SSSR count). The SMILES string of the molecule is CCc1cccc(C)c1NC1=NCCO1. The predicted octanol–water partition coefficient (Wildman–Crippen LogP) is 2.36. The normalized spacial score (nSPS) is 14.7. The van der Waals surface area contributed by atoms with E-state index >= 15 is 0 Å². The molecule has 0 saturated heterocycles. The summed E-state index contributed by atoms with van der Waals surface area (Å²) >= 11 is 0. The number of hydrogen-bond acceptors (Lipinski definition) is 3. The monoisotopic (exact) mass is 204 g/mol. The van der Waals surface area contributed by atoms with Crippen LogP contribution in [0, 0.1) is 6.92 Å². The van der Waals surface area contributed by atoms with Gasteiger partial charge in [0.15, 0.2) is 0 Å². The van der Waals surface area contributed by atoms with E-state index in [9.17, 15) is 0 Å². The number of rotatable bonds is 2. The van der Waals surface area contributed by atoms with Crippen LogP contribution < -0.4 is 5.32 Å². The minimum absolute atomic E-state index is 0.652. The summed E-state index contributed by atoms with van der Waals surface area (Å²) in [7, 11) is 0. The minimum atomic E-state index is 0.652. The molecule has 1 aromatic carbocycles. The molecule has 0 unspecified atom stereocenters. The second kappa shape index (κ2) is 4.34. The zero-order chi connectivity index (χ0) is 10.7. The zero-order valence-corrected chi connectivity index (χ0v) is 9.21. The van der Waals surface area contributed by atoms with Crippen molar-refractivity contribution in [3.8, 4) is 0 Å². The molecule has 1 N–H and O–H groups in total. The van der Waals surface area contributed by atoms with Crippen LogP contribution in [0.4, 0.5) is 5.69 Å². The van der Waals surface area contributed by atoms with Gasteiger partial charge in [0.1, 0.15) is 6.61 Å². The van der Waals surface area contributed by atoms with Crippen molar-refractivity contribution in [3.05, 3.63) is 29.3 Å². The molecule has 15 heavy (non-hydrogen) atoms. The lowest BCUT2D eigenvalue weighted by atomic mass is 10.1. The number of nitrogens with zero attached hydrogens (tertiary/aromatic N) is 1. The first kappa shape index (κ1) is 10.0. The lowest BCUT2D eigenvalue weighted by Crippen LogP contribution is -2.14. The Morgan fingerprint density at radius 1 is 1.47 bits per heavy atom. The molecular weight excluding hydrogens is 188 g/mol. The van der Waals surface area contributed by atoms with Crippen LogP contribution in [0.25, 0.3) is 0 Å². The summed E-state index contributed by atoms with van der Waals surface area (Å²) in [4.78, 5) is 4.23. The first-order valence-electron chi connectivity index (χ1n) is 5.34. The maximum Gasteiger partial charge on any atom is 0.289 e. The maximum atomic E-state index is 5.35. The van der Waals surface area contributed by atoms with Gasteiger partial charge in [0.25, 0.3) is 6.02 Å². The van der Waals surface area contributed by atoms with Crippen molar-refractivity contribution in [1.82, 2.24) is 0 Å². The number of ether oxygens (including phenoxy) is 1. The number of hydrogen-bond donors (Lipinski definition) is 1. The van der Waals surface area contributed by atoms with Gasteiger partial charge in [0, 0.05) is 5.69 Å². The van der Waals surface area contributed by atoms with Crippen LogP contribution in [0.15, 0.2) is 23.2 Å². The van der Waals surface area contributed by atoms with Gasteiger partial charge in [-0.05, 0) is 24.5 Å². The molecule has 0 atom stereocenters. The van der Waals surface area contributed by atoms with Gasteiger partial charge in [-0.25, -0.2) is 4.99 Å². The van der Waals surface area contributed by atoms with Crippen molar-refractivity contribution in [3.63, 3.8) is 0 Å². The Bertz CT molecular complexity index is 385. The number of para-hydroxylation sites is 1. The van der Waals surface area contributed by atoms with Gasteiger partial charge in [0.05, 0.1) is 6.54 Å². The fourth-order valence-electron chi connectivity index (χ4n) is 1.72. The van der Waals surface area contributed by atoms with Crippen molar-refractivity contribution in [2.45, 2.75) is 20.3 Å². The standard InChI is InChI=1S/C12H16N2O/c1-3-10-6-4-5-9(2)11(10)14-12-13-7-8-15-12/h4-6H,3,7-8H2,1-2H3,(H,13,14). The van der Waals surface area contributed by atoms with Crippen molar-refractivity contribution in [2.24, 2.45) is 4.99 Å². The second-order valence-corrected chi connectivity index (χ2v) is 3.62. The smallest absolute Gasteiger partial charge is 0.289 e. The van der Waals surface area contributed by atoms with Gasteiger partial charge in [-0.2, -0.15) is 0 Å². The summed E-state index contributed by atoms with van der Waals surface area (Å²) in [5, 5.41) is 3.26. The molecule has 1 heterocycles. The fraction of sp³-hybridized carbons (Fsp3) is 0.417. The average molecular weight is 204 g/mol. The van der Waals surface area contributed by atoms with E-state index in [-0.39, 0.29) is 0 Å². The largest absolute Gasteiger partial charge is 0.463 e. The molecule has 1 aliphatic rings. The van der Waals surface area contributed by atoms with Gasteiger partial charge in [-0.3, -0.25) is 0 Å². The highest BCUT2D eigenvalue weighted by atomic mass is 16.5. The highest BCUT2D eigenvalue weighted by Gasteiger charge is 2.10. The van der Waals surface area contributed by atoms with Crippen LogP contribution in [0.1, 0.15) is 18.1 Å². The van der Waals surface area contributed by atoms with E-state index in [2.05, 4.69) is 42.4 Å². The molecule has 0 amide bonds. The van der Waals surface area contributed by atoms with Crippen LogP contribution in [-0.2, 0) is 11.2 Å². The van der Waals surface area contributed by atoms with Gasteiger partial charge in [-0.1, -0.05) is 25.1 Å². The number of amidine groups is 1. The van der Waals surface area contributed by atoms with E-state index in [1.165, 1.54) is 11.1 Å². The molecular formula is C12H16N2O. The van der Waals surface area contributed by atoms with Crippen molar-refractivity contribution in [1.29, 1.82) is 0 Å². The molecule has 0 radical (unpaired) electrons. The minimum Gasteiger partial charge on any atom is -0.463 e. The lowest BCUT2D eigenvalue weighted by molar-refractivity contribution is 0.346. The third kappa shape index (κ3) is 2.12. The number of aryl methyl sites for hydroxylation is 2. The highest BCUT2D eigenvalue weighted by molar-refractivity contribution is 5.91. The molecule has 0 bridgehead atoms. The Labute approximate surface area is 90.2 Å². The molecule has 0 fully saturated rings. The summed E-state index contributed by atoms with van der Waals surface area (Å²) in [6.07, 6.45) is 1.01. The summed E-state index contributed by atoms with van der Waals surface area (Å²) < 4.78 is 5.35. The van der Waals surface area contributed by atoms with E-state index in [4.69, 9.17) is 4.74 Å². The lowest BCUT2D eigenvalue weighted by Gasteiger charge is -2.13. The molecule has 0 aromatic heterocycles. The molecule has 0 aliphatic carbocycles. The topological polar surface area (TPSA) is 33.6 Å². The Balaban J connectivity index is 2.25. The fourth-order valence-corrected chi connectivity index (χ4v) is 1.72. The molecule has 1 aliphatic heterocycles. The summed E-state index contributed by atoms with van der Waals surface area (Å²) in [5.74, 6) is 0. The molecule has 0 spiro atoms. The number of nitrogens with one attached hydrogen (secondary N) is 1. The highest BCUT2D eigenvalue weighted by Crippen LogP contribution is 2.21.